The number of aryl methyl sites for hydroxylation is 1. The molecule has 1 fully saturated rings. The lowest BCUT2D eigenvalue weighted by atomic mass is 9.99. The number of rotatable bonds is 15. The molecule has 1 atom stereocenters. The van der Waals surface area contributed by atoms with Gasteiger partial charge in [-0.2, -0.15) is 0 Å². The first kappa shape index (κ1) is 39.9. The summed E-state index contributed by atoms with van der Waals surface area (Å²) in [6, 6.07) is 35.0. The number of anilines is 2. The molecule has 0 aromatic heterocycles. The molecule has 8 nitrogen and oxygen atoms in total. The maximum atomic E-state index is 15.5. The Balaban J connectivity index is 1.07. The largest absolute Gasteiger partial charge is 0.381 e. The lowest BCUT2D eigenvalue weighted by Crippen LogP contribution is -2.46. The van der Waals surface area contributed by atoms with E-state index >= 15 is 8.78 Å². The fraction of sp³-hybridized carbons (Fsp3) is 0.279. The van der Waals surface area contributed by atoms with Crippen molar-refractivity contribution in [2.24, 2.45) is 0 Å². The molecule has 0 aliphatic carbocycles. The highest BCUT2D eigenvalue weighted by Gasteiger charge is 2.27. The van der Waals surface area contributed by atoms with Gasteiger partial charge in [0.1, 0.15) is 17.3 Å². The molecule has 1 heterocycles. The van der Waals surface area contributed by atoms with Crippen molar-refractivity contribution in [2.45, 2.75) is 35.7 Å². The molecule has 5 aromatic rings. The van der Waals surface area contributed by atoms with Crippen molar-refractivity contribution in [1.29, 1.82) is 0 Å². The summed E-state index contributed by atoms with van der Waals surface area (Å²) < 4.78 is 59.7. The van der Waals surface area contributed by atoms with E-state index in [1.807, 2.05) is 67.3 Å². The Bertz CT molecular complexity index is 2160. The maximum absolute atomic E-state index is 15.5. The molecular weight excluding hydrogens is 737 g/mol. The number of thioether (sulfide) groups is 1. The summed E-state index contributed by atoms with van der Waals surface area (Å²) in [5, 5.41) is 3.56. The van der Waals surface area contributed by atoms with E-state index in [1.165, 1.54) is 17.7 Å². The van der Waals surface area contributed by atoms with Crippen LogP contribution < -0.4 is 14.9 Å². The average molecular weight is 784 g/mol. The third-order valence-electron chi connectivity index (χ3n) is 9.68. The summed E-state index contributed by atoms with van der Waals surface area (Å²) in [5.41, 5.74) is 4.26. The van der Waals surface area contributed by atoms with Crippen molar-refractivity contribution in [3.05, 3.63) is 144 Å². The number of carbonyl (C=O) groups excluding carboxylic acids is 1. The second-order valence-electron chi connectivity index (χ2n) is 14.0. The Kier molecular flexibility index (Phi) is 13.3. The maximum Gasteiger partial charge on any atom is 0.265 e. The molecule has 0 saturated carbocycles. The zero-order chi connectivity index (χ0) is 39.0. The summed E-state index contributed by atoms with van der Waals surface area (Å²) >= 11 is 1.75. The molecule has 0 unspecified atom stereocenters. The highest BCUT2D eigenvalue weighted by atomic mass is 32.2. The van der Waals surface area contributed by atoms with Gasteiger partial charge < -0.3 is 15.1 Å². The van der Waals surface area contributed by atoms with Gasteiger partial charge in [0.25, 0.3) is 15.9 Å². The SMILES string of the molecule is Cc1cc(S(=O)(=O)NC(=O)c2cc(F)c(N3CCN(Cc4ccccc4-c4ccccc4)CC3)c(F)c2)ccc1N[C@H](CCN(C)C)CSc1ccccc1. The molecule has 12 heteroatoms. The Morgan fingerprint density at radius 3 is 2.13 bits per heavy atom. The van der Waals surface area contributed by atoms with E-state index in [4.69, 9.17) is 0 Å². The van der Waals surface area contributed by atoms with E-state index in [1.54, 1.807) is 29.7 Å². The zero-order valence-corrected chi connectivity index (χ0v) is 33.0. The van der Waals surface area contributed by atoms with Crippen molar-refractivity contribution in [3.63, 3.8) is 0 Å². The van der Waals surface area contributed by atoms with Crippen LogP contribution in [0.5, 0.6) is 0 Å². The highest BCUT2D eigenvalue weighted by molar-refractivity contribution is 7.99. The first-order chi connectivity index (χ1) is 26.5. The van der Waals surface area contributed by atoms with Crippen LogP contribution >= 0.6 is 11.8 Å². The van der Waals surface area contributed by atoms with Crippen LogP contribution in [0.2, 0.25) is 0 Å². The van der Waals surface area contributed by atoms with Gasteiger partial charge in [-0.15, -0.1) is 11.8 Å². The number of hydrogen-bond acceptors (Lipinski definition) is 8. The van der Waals surface area contributed by atoms with Gasteiger partial charge in [-0.3, -0.25) is 9.69 Å². The monoisotopic (exact) mass is 783 g/mol. The minimum Gasteiger partial charge on any atom is -0.381 e. The molecule has 1 aliphatic heterocycles. The van der Waals surface area contributed by atoms with E-state index in [9.17, 15) is 13.2 Å². The predicted octanol–water partition coefficient (Wildman–Crippen LogP) is 7.91. The van der Waals surface area contributed by atoms with E-state index < -0.39 is 33.1 Å². The van der Waals surface area contributed by atoms with Crippen LogP contribution in [0.1, 0.15) is 27.9 Å². The minimum absolute atomic E-state index is 0.104. The van der Waals surface area contributed by atoms with Crippen LogP contribution in [-0.4, -0.2) is 82.7 Å². The summed E-state index contributed by atoms with van der Waals surface area (Å²) in [7, 11) is -0.307. The van der Waals surface area contributed by atoms with Gasteiger partial charge in [0.2, 0.25) is 0 Å². The third-order valence-corrected chi connectivity index (χ3v) is 12.2. The van der Waals surface area contributed by atoms with Crippen molar-refractivity contribution in [1.82, 2.24) is 14.5 Å². The highest BCUT2D eigenvalue weighted by Crippen LogP contribution is 2.29. The lowest BCUT2D eigenvalue weighted by molar-refractivity contribution is 0.0980. The molecule has 0 spiro atoms. The van der Waals surface area contributed by atoms with Crippen molar-refractivity contribution < 1.29 is 22.0 Å². The average Bonchev–Trinajstić information content (AvgIpc) is 3.17. The normalized spacial score (nSPS) is 14.2. The van der Waals surface area contributed by atoms with Crippen LogP contribution in [0.25, 0.3) is 11.1 Å². The second kappa shape index (κ2) is 18.3. The van der Waals surface area contributed by atoms with Gasteiger partial charge in [-0.1, -0.05) is 72.8 Å². The van der Waals surface area contributed by atoms with E-state index in [0.29, 0.717) is 38.3 Å². The molecule has 6 rings (SSSR count). The van der Waals surface area contributed by atoms with Gasteiger partial charge in [0.15, 0.2) is 0 Å². The predicted molar refractivity (Wildman–Crippen MR) is 219 cm³/mol. The molecule has 0 bridgehead atoms. The topological polar surface area (TPSA) is 85.0 Å². The second-order valence-corrected chi connectivity index (χ2v) is 16.8. The molecule has 0 radical (unpaired) electrons. The molecule has 1 aliphatic rings. The first-order valence-electron chi connectivity index (χ1n) is 18.3. The first-order valence-corrected chi connectivity index (χ1v) is 20.8. The molecule has 1 saturated heterocycles. The number of hydrogen-bond donors (Lipinski definition) is 2. The van der Waals surface area contributed by atoms with Gasteiger partial charge in [-0.05, 0) is 98.7 Å². The van der Waals surface area contributed by atoms with Gasteiger partial charge in [0, 0.05) is 60.7 Å². The molecule has 2 N–H and O–H groups in total. The fourth-order valence-electron chi connectivity index (χ4n) is 6.68. The summed E-state index contributed by atoms with van der Waals surface area (Å²) in [6.07, 6.45) is 0.870. The number of sulfonamides is 1. The van der Waals surface area contributed by atoms with E-state index in [2.05, 4.69) is 51.5 Å². The van der Waals surface area contributed by atoms with Crippen molar-refractivity contribution in [2.75, 3.05) is 62.8 Å². The molecule has 288 valence electrons. The van der Waals surface area contributed by atoms with E-state index in [-0.39, 0.29) is 16.6 Å². The quantitative estimate of drug-likeness (QED) is 0.104. The van der Waals surface area contributed by atoms with Crippen LogP contribution in [0.3, 0.4) is 0 Å². The summed E-state index contributed by atoms with van der Waals surface area (Å²) in [4.78, 5) is 20.2. The Labute approximate surface area is 327 Å². The number of benzene rings is 5. The van der Waals surface area contributed by atoms with Crippen LogP contribution in [0.4, 0.5) is 20.2 Å². The smallest absolute Gasteiger partial charge is 0.265 e. The molecule has 55 heavy (non-hydrogen) atoms. The Morgan fingerprint density at radius 1 is 0.836 bits per heavy atom. The number of amides is 1. The standard InChI is InChI=1S/C43H47F2N5O3S2/c1-31-26-37(18-19-41(31)46-35(20-21-48(2)3)30-54-36-15-8-5-9-16-36)55(52,53)47-43(51)34-27-39(44)42(40(45)28-34)50-24-22-49(23-25-50)29-33-14-10-11-17-38(33)32-12-6-4-7-13-32/h4-19,26-28,35,46H,20-25,29-30H2,1-3H3,(H,47,51)/t35-/m1/s1. The molecule has 1 amide bonds. The molecule has 5 aromatic carbocycles. The van der Waals surface area contributed by atoms with Gasteiger partial charge in [-0.25, -0.2) is 21.9 Å². The van der Waals surface area contributed by atoms with Crippen molar-refractivity contribution >= 4 is 39.1 Å². The lowest BCUT2D eigenvalue weighted by Gasteiger charge is -2.36. The van der Waals surface area contributed by atoms with Gasteiger partial charge >= 0.3 is 0 Å². The van der Waals surface area contributed by atoms with Crippen LogP contribution in [-0.2, 0) is 16.6 Å². The minimum atomic E-state index is -4.35. The number of nitrogens with one attached hydrogen (secondary N) is 2. The fourth-order valence-corrected chi connectivity index (χ4v) is 8.73. The summed E-state index contributed by atoms with van der Waals surface area (Å²) in [5.74, 6) is -2.16. The van der Waals surface area contributed by atoms with Crippen molar-refractivity contribution in [3.8, 4) is 11.1 Å². The Morgan fingerprint density at radius 2 is 1.47 bits per heavy atom. The van der Waals surface area contributed by atoms with Gasteiger partial charge in [0.05, 0.1) is 4.90 Å². The molecular formula is C43H47F2N5O3S2. The van der Waals surface area contributed by atoms with E-state index in [0.717, 1.165) is 52.6 Å². The number of piperazine rings is 1. The van der Waals surface area contributed by atoms with Crippen LogP contribution in [0, 0.1) is 18.6 Å². The number of halogens is 2. The zero-order valence-electron chi connectivity index (χ0n) is 31.3. The summed E-state index contributed by atoms with van der Waals surface area (Å²) in [6.45, 7) is 5.29. The van der Waals surface area contributed by atoms with Crippen LogP contribution in [0.15, 0.2) is 125 Å². The number of carbonyl (C=O) groups is 1. The number of nitrogens with zero attached hydrogens (tertiary/aromatic N) is 3. The Hall–Kier alpha value is -4.75. The third kappa shape index (κ3) is 10.5.